The van der Waals surface area contributed by atoms with Crippen molar-refractivity contribution in [1.29, 1.82) is 5.26 Å². The summed E-state index contributed by atoms with van der Waals surface area (Å²) in [6, 6.07) is 7.42. The van der Waals surface area contributed by atoms with Gasteiger partial charge < -0.3 is 5.32 Å². The van der Waals surface area contributed by atoms with Gasteiger partial charge in [0.2, 0.25) is 0 Å². The van der Waals surface area contributed by atoms with E-state index in [1.54, 1.807) is 12.1 Å². The van der Waals surface area contributed by atoms with Crippen molar-refractivity contribution in [2.75, 3.05) is 18.5 Å². The lowest BCUT2D eigenvalue weighted by atomic mass is 10.2. The lowest BCUT2D eigenvalue weighted by Gasteiger charge is -2.07. The standard InChI is InChI=1S/C10H10BrFN2/c11-9-3-2-8(7-13)10(6-9)14-5-1-4-12/h2-3,6,14H,1,4-5H2. The van der Waals surface area contributed by atoms with E-state index in [9.17, 15) is 4.39 Å². The summed E-state index contributed by atoms with van der Waals surface area (Å²) in [6.45, 7) is 0.199. The van der Waals surface area contributed by atoms with Gasteiger partial charge in [-0.3, -0.25) is 4.39 Å². The number of halogens is 2. The van der Waals surface area contributed by atoms with Gasteiger partial charge in [0.25, 0.3) is 0 Å². The molecule has 0 aliphatic heterocycles. The van der Waals surface area contributed by atoms with Gasteiger partial charge in [0.1, 0.15) is 6.07 Å². The average molecular weight is 257 g/mol. The molecule has 74 valence electrons. The van der Waals surface area contributed by atoms with Crippen molar-refractivity contribution in [3.05, 3.63) is 28.2 Å². The maximum atomic E-state index is 11.8. The van der Waals surface area contributed by atoms with Gasteiger partial charge in [0.15, 0.2) is 0 Å². The third-order valence-corrected chi connectivity index (χ3v) is 2.22. The van der Waals surface area contributed by atoms with Crippen molar-refractivity contribution in [3.63, 3.8) is 0 Å². The summed E-state index contributed by atoms with van der Waals surface area (Å²) in [5.41, 5.74) is 1.32. The minimum Gasteiger partial charge on any atom is -0.384 e. The summed E-state index contributed by atoms with van der Waals surface area (Å²) in [5, 5.41) is 11.8. The highest BCUT2D eigenvalue weighted by Crippen LogP contribution is 2.20. The lowest BCUT2D eigenvalue weighted by molar-refractivity contribution is 0.481. The van der Waals surface area contributed by atoms with Gasteiger partial charge in [-0.2, -0.15) is 5.26 Å². The minimum atomic E-state index is -0.344. The Morgan fingerprint density at radius 1 is 1.50 bits per heavy atom. The molecule has 0 unspecified atom stereocenters. The highest BCUT2D eigenvalue weighted by molar-refractivity contribution is 9.10. The van der Waals surface area contributed by atoms with Crippen LogP contribution in [0.4, 0.5) is 10.1 Å². The van der Waals surface area contributed by atoms with Gasteiger partial charge in [-0.25, -0.2) is 0 Å². The Morgan fingerprint density at radius 3 is 2.93 bits per heavy atom. The zero-order valence-corrected chi connectivity index (χ0v) is 9.14. The zero-order chi connectivity index (χ0) is 10.4. The van der Waals surface area contributed by atoms with E-state index in [0.717, 1.165) is 10.2 Å². The monoisotopic (exact) mass is 256 g/mol. The highest BCUT2D eigenvalue weighted by Gasteiger charge is 2.01. The van der Waals surface area contributed by atoms with Crippen molar-refractivity contribution >= 4 is 21.6 Å². The summed E-state index contributed by atoms with van der Waals surface area (Å²) in [5.74, 6) is 0. The quantitative estimate of drug-likeness (QED) is 0.841. The molecule has 0 bridgehead atoms. The molecule has 0 saturated heterocycles. The molecule has 0 aliphatic rings. The number of rotatable bonds is 4. The van der Waals surface area contributed by atoms with Crippen LogP contribution >= 0.6 is 15.9 Å². The predicted octanol–water partition coefficient (Wildman–Crippen LogP) is 3.09. The molecule has 0 heterocycles. The molecule has 2 nitrogen and oxygen atoms in total. The normalized spacial score (nSPS) is 9.50. The fourth-order valence-corrected chi connectivity index (χ4v) is 1.41. The summed E-state index contributed by atoms with van der Waals surface area (Å²) >= 11 is 3.31. The Bertz CT molecular complexity index is 346. The molecule has 0 saturated carbocycles. The fourth-order valence-electron chi connectivity index (χ4n) is 1.05. The van der Waals surface area contributed by atoms with Crippen LogP contribution in [0.25, 0.3) is 0 Å². The van der Waals surface area contributed by atoms with E-state index >= 15 is 0 Å². The van der Waals surface area contributed by atoms with Gasteiger partial charge in [0, 0.05) is 11.0 Å². The number of nitrogens with one attached hydrogen (secondary N) is 1. The fraction of sp³-hybridized carbons (Fsp3) is 0.300. The molecule has 1 aromatic carbocycles. The first-order valence-corrected chi connectivity index (χ1v) is 5.06. The van der Waals surface area contributed by atoms with Crippen LogP contribution < -0.4 is 5.32 Å². The molecule has 0 aliphatic carbocycles. The second kappa shape index (κ2) is 5.61. The van der Waals surface area contributed by atoms with E-state index in [0.29, 0.717) is 18.5 Å². The molecule has 0 radical (unpaired) electrons. The zero-order valence-electron chi connectivity index (χ0n) is 7.56. The largest absolute Gasteiger partial charge is 0.384 e. The molecule has 0 aromatic heterocycles. The number of nitriles is 1. The van der Waals surface area contributed by atoms with Crippen molar-refractivity contribution in [1.82, 2.24) is 0 Å². The third-order valence-electron chi connectivity index (χ3n) is 1.73. The summed E-state index contributed by atoms with van der Waals surface area (Å²) < 4.78 is 12.7. The van der Waals surface area contributed by atoms with E-state index in [1.165, 1.54) is 0 Å². The van der Waals surface area contributed by atoms with Crippen LogP contribution in [0, 0.1) is 11.3 Å². The molecular weight excluding hydrogens is 247 g/mol. The maximum absolute atomic E-state index is 11.8. The molecule has 1 aromatic rings. The van der Waals surface area contributed by atoms with Crippen LogP contribution in [0.15, 0.2) is 22.7 Å². The van der Waals surface area contributed by atoms with Crippen molar-refractivity contribution in [3.8, 4) is 6.07 Å². The van der Waals surface area contributed by atoms with Crippen LogP contribution in [0.2, 0.25) is 0 Å². The number of alkyl halides is 1. The van der Waals surface area contributed by atoms with Crippen LogP contribution in [0.5, 0.6) is 0 Å². The van der Waals surface area contributed by atoms with Gasteiger partial charge in [0.05, 0.1) is 17.9 Å². The van der Waals surface area contributed by atoms with Crippen molar-refractivity contribution in [2.45, 2.75) is 6.42 Å². The molecule has 4 heteroatoms. The van der Waals surface area contributed by atoms with Crippen molar-refractivity contribution in [2.24, 2.45) is 0 Å². The summed E-state index contributed by atoms with van der Waals surface area (Å²) in [6.07, 6.45) is 0.456. The van der Waals surface area contributed by atoms with Gasteiger partial charge >= 0.3 is 0 Å². The van der Waals surface area contributed by atoms with Gasteiger partial charge in [-0.05, 0) is 24.6 Å². The van der Waals surface area contributed by atoms with Crippen LogP contribution in [0.3, 0.4) is 0 Å². The molecule has 0 spiro atoms. The summed E-state index contributed by atoms with van der Waals surface area (Å²) in [7, 11) is 0. The Labute approximate surface area is 90.9 Å². The Kier molecular flexibility index (Phi) is 4.41. The second-order valence-electron chi connectivity index (χ2n) is 2.77. The lowest BCUT2D eigenvalue weighted by Crippen LogP contribution is -2.03. The number of anilines is 1. The molecular formula is C10H10BrFN2. The van der Waals surface area contributed by atoms with E-state index in [4.69, 9.17) is 5.26 Å². The minimum absolute atomic E-state index is 0.344. The first kappa shape index (κ1) is 11.0. The molecule has 1 N–H and O–H groups in total. The van der Waals surface area contributed by atoms with E-state index in [1.807, 2.05) is 6.07 Å². The molecule has 1 rings (SSSR count). The maximum Gasteiger partial charge on any atom is 0.101 e. The number of nitrogens with zero attached hydrogens (tertiary/aromatic N) is 1. The number of benzene rings is 1. The van der Waals surface area contributed by atoms with Gasteiger partial charge in [-0.15, -0.1) is 0 Å². The van der Waals surface area contributed by atoms with Crippen LogP contribution in [-0.4, -0.2) is 13.2 Å². The second-order valence-corrected chi connectivity index (χ2v) is 3.69. The molecule has 0 fully saturated rings. The summed E-state index contributed by atoms with van der Waals surface area (Å²) in [4.78, 5) is 0. The predicted molar refractivity (Wildman–Crippen MR) is 57.9 cm³/mol. The molecule has 14 heavy (non-hydrogen) atoms. The molecule has 0 amide bonds. The number of hydrogen-bond donors (Lipinski definition) is 1. The average Bonchev–Trinajstić information content (AvgIpc) is 2.19. The SMILES string of the molecule is N#Cc1ccc(Br)cc1NCCCF. The van der Waals surface area contributed by atoms with E-state index < -0.39 is 0 Å². The number of hydrogen-bond acceptors (Lipinski definition) is 2. The van der Waals surface area contributed by atoms with Crippen LogP contribution in [-0.2, 0) is 0 Å². The first-order chi connectivity index (χ1) is 6.77. The highest BCUT2D eigenvalue weighted by atomic mass is 79.9. The topological polar surface area (TPSA) is 35.8 Å². The van der Waals surface area contributed by atoms with Gasteiger partial charge in [-0.1, -0.05) is 15.9 Å². The van der Waals surface area contributed by atoms with E-state index in [2.05, 4.69) is 27.3 Å². The Hall–Kier alpha value is -1.08. The van der Waals surface area contributed by atoms with E-state index in [-0.39, 0.29) is 6.67 Å². The Balaban J connectivity index is 2.73. The third kappa shape index (κ3) is 3.00. The Morgan fingerprint density at radius 2 is 2.29 bits per heavy atom. The smallest absolute Gasteiger partial charge is 0.101 e. The first-order valence-electron chi connectivity index (χ1n) is 4.27. The molecule has 0 atom stereocenters. The van der Waals surface area contributed by atoms with Crippen LogP contribution in [0.1, 0.15) is 12.0 Å². The van der Waals surface area contributed by atoms with Crippen molar-refractivity contribution < 1.29 is 4.39 Å².